The maximum Gasteiger partial charge on any atom is 0.307 e. The molecule has 4 rings (SSSR count). The molecular formula is C19H20BrN3O4. The molecule has 1 atom stereocenters. The molecule has 0 bridgehead atoms. The van der Waals surface area contributed by atoms with Gasteiger partial charge in [0, 0.05) is 16.6 Å². The Balaban J connectivity index is 1.40. The quantitative estimate of drug-likeness (QED) is 0.797. The number of rotatable bonds is 4. The van der Waals surface area contributed by atoms with Gasteiger partial charge in [-0.2, -0.15) is 0 Å². The first-order valence-corrected chi connectivity index (χ1v) is 9.68. The molecule has 0 saturated carbocycles. The number of halogens is 1. The standard InChI is InChI=1S/C19H20BrN3O4/c1-11-13(3-2-4-14(11)20)18-21-15-8-23(9-16(15)27-18)17(24)10-22-6-5-12(7-22)19(25)26/h2-4,12H,5-10H2,1H3,(H,25,26)/t12-/m1/s1. The monoisotopic (exact) mass is 433 g/mol. The summed E-state index contributed by atoms with van der Waals surface area (Å²) in [6.45, 7) is 4.16. The number of nitrogens with zero attached hydrogens (tertiary/aromatic N) is 3. The van der Waals surface area contributed by atoms with Crippen LogP contribution < -0.4 is 0 Å². The molecule has 0 unspecified atom stereocenters. The van der Waals surface area contributed by atoms with E-state index in [2.05, 4.69) is 20.9 Å². The topological polar surface area (TPSA) is 86.9 Å². The van der Waals surface area contributed by atoms with Crippen LogP contribution >= 0.6 is 15.9 Å². The van der Waals surface area contributed by atoms with E-state index in [-0.39, 0.29) is 18.4 Å². The van der Waals surface area contributed by atoms with Crippen LogP contribution in [0.1, 0.15) is 23.4 Å². The fraction of sp³-hybridized carbons (Fsp3) is 0.421. The average Bonchev–Trinajstić information content (AvgIpc) is 3.31. The van der Waals surface area contributed by atoms with Crippen LogP contribution in [0.3, 0.4) is 0 Å². The molecule has 7 nitrogen and oxygen atoms in total. The van der Waals surface area contributed by atoms with Crippen LogP contribution in [0, 0.1) is 12.8 Å². The lowest BCUT2D eigenvalue weighted by molar-refractivity contribution is -0.141. The maximum atomic E-state index is 12.6. The van der Waals surface area contributed by atoms with Crippen LogP contribution in [0.5, 0.6) is 0 Å². The minimum Gasteiger partial charge on any atom is -0.481 e. The summed E-state index contributed by atoms with van der Waals surface area (Å²) in [6.07, 6.45) is 0.597. The third-order valence-electron chi connectivity index (χ3n) is 5.28. The number of carboxylic acid groups (broad SMARTS) is 1. The lowest BCUT2D eigenvalue weighted by Gasteiger charge is -2.20. The van der Waals surface area contributed by atoms with Gasteiger partial charge in [-0.05, 0) is 37.6 Å². The van der Waals surface area contributed by atoms with Crippen LogP contribution in [0.2, 0.25) is 0 Å². The number of carbonyl (C=O) groups excluding carboxylic acids is 1. The molecule has 0 radical (unpaired) electrons. The van der Waals surface area contributed by atoms with Gasteiger partial charge in [-0.25, -0.2) is 4.98 Å². The molecule has 142 valence electrons. The van der Waals surface area contributed by atoms with Crippen LogP contribution in [-0.2, 0) is 22.7 Å². The number of aliphatic carboxylic acids is 1. The third-order valence-corrected chi connectivity index (χ3v) is 6.14. The fourth-order valence-electron chi connectivity index (χ4n) is 3.64. The fourth-order valence-corrected chi connectivity index (χ4v) is 4.01. The number of fused-ring (bicyclic) bond motifs is 1. The summed E-state index contributed by atoms with van der Waals surface area (Å²) < 4.78 is 6.93. The third kappa shape index (κ3) is 3.51. The lowest BCUT2D eigenvalue weighted by Crippen LogP contribution is -2.37. The second kappa shape index (κ2) is 7.09. The van der Waals surface area contributed by atoms with Crippen molar-refractivity contribution >= 4 is 27.8 Å². The molecular weight excluding hydrogens is 414 g/mol. The van der Waals surface area contributed by atoms with E-state index in [1.165, 1.54) is 0 Å². The molecule has 1 saturated heterocycles. The van der Waals surface area contributed by atoms with Crippen molar-refractivity contribution in [3.63, 3.8) is 0 Å². The molecule has 1 aromatic heterocycles. The van der Waals surface area contributed by atoms with E-state index in [0.717, 1.165) is 27.1 Å². The molecule has 1 amide bonds. The Morgan fingerprint density at radius 1 is 1.37 bits per heavy atom. The van der Waals surface area contributed by atoms with Crippen LogP contribution in [0.15, 0.2) is 27.1 Å². The average molecular weight is 434 g/mol. The number of oxazole rings is 1. The highest BCUT2D eigenvalue weighted by molar-refractivity contribution is 9.10. The van der Waals surface area contributed by atoms with Gasteiger partial charge in [0.1, 0.15) is 11.5 Å². The Morgan fingerprint density at radius 3 is 2.89 bits per heavy atom. The van der Waals surface area contributed by atoms with Gasteiger partial charge in [0.15, 0.2) is 0 Å². The van der Waals surface area contributed by atoms with Crippen molar-refractivity contribution < 1.29 is 19.1 Å². The predicted octanol–water partition coefficient (Wildman–Crippen LogP) is 2.66. The van der Waals surface area contributed by atoms with Crippen LogP contribution in [0.25, 0.3) is 11.5 Å². The zero-order valence-corrected chi connectivity index (χ0v) is 16.5. The highest BCUT2D eigenvalue weighted by atomic mass is 79.9. The van der Waals surface area contributed by atoms with Crippen LogP contribution in [-0.4, -0.2) is 51.4 Å². The van der Waals surface area contributed by atoms with E-state index in [1.807, 2.05) is 30.0 Å². The van der Waals surface area contributed by atoms with E-state index < -0.39 is 5.97 Å². The van der Waals surface area contributed by atoms with E-state index in [4.69, 9.17) is 9.52 Å². The van der Waals surface area contributed by atoms with Crippen molar-refractivity contribution in [2.75, 3.05) is 19.6 Å². The number of benzene rings is 1. The van der Waals surface area contributed by atoms with E-state index in [0.29, 0.717) is 38.5 Å². The number of amides is 1. The maximum absolute atomic E-state index is 12.6. The molecule has 2 aromatic rings. The zero-order valence-electron chi connectivity index (χ0n) is 14.9. The van der Waals surface area contributed by atoms with Crippen molar-refractivity contribution in [3.05, 3.63) is 39.7 Å². The van der Waals surface area contributed by atoms with E-state index in [1.54, 1.807) is 4.90 Å². The lowest BCUT2D eigenvalue weighted by atomic mass is 10.1. The van der Waals surface area contributed by atoms with Crippen molar-refractivity contribution in [2.24, 2.45) is 5.92 Å². The van der Waals surface area contributed by atoms with Crippen molar-refractivity contribution in [3.8, 4) is 11.5 Å². The van der Waals surface area contributed by atoms with Gasteiger partial charge in [-0.1, -0.05) is 22.0 Å². The molecule has 27 heavy (non-hydrogen) atoms. The first-order valence-electron chi connectivity index (χ1n) is 8.89. The highest BCUT2D eigenvalue weighted by Gasteiger charge is 2.33. The van der Waals surface area contributed by atoms with Gasteiger partial charge in [-0.15, -0.1) is 0 Å². The first kappa shape index (κ1) is 18.2. The number of aromatic nitrogens is 1. The van der Waals surface area contributed by atoms with Gasteiger partial charge in [-0.3, -0.25) is 14.5 Å². The summed E-state index contributed by atoms with van der Waals surface area (Å²) in [4.78, 5) is 31.8. The normalized spacial score (nSPS) is 19.5. The van der Waals surface area contributed by atoms with Crippen molar-refractivity contribution in [1.82, 2.24) is 14.8 Å². The Labute approximate surface area is 165 Å². The summed E-state index contributed by atoms with van der Waals surface area (Å²) in [7, 11) is 0. The van der Waals surface area contributed by atoms with Gasteiger partial charge in [0.2, 0.25) is 11.8 Å². The summed E-state index contributed by atoms with van der Waals surface area (Å²) in [5.41, 5.74) is 2.79. The molecule has 1 aromatic carbocycles. The van der Waals surface area contributed by atoms with E-state index in [9.17, 15) is 9.59 Å². The number of hydrogen-bond acceptors (Lipinski definition) is 5. The molecule has 0 spiro atoms. The summed E-state index contributed by atoms with van der Waals surface area (Å²) in [5, 5.41) is 9.08. The van der Waals surface area contributed by atoms with Gasteiger partial charge in [0.05, 0.1) is 25.6 Å². The summed E-state index contributed by atoms with van der Waals surface area (Å²) in [5.74, 6) is 0.125. The number of hydrogen-bond donors (Lipinski definition) is 1. The Kier molecular flexibility index (Phi) is 4.77. The largest absolute Gasteiger partial charge is 0.481 e. The molecule has 2 aliphatic rings. The number of carboxylic acids is 1. The smallest absolute Gasteiger partial charge is 0.307 e. The van der Waals surface area contributed by atoms with E-state index >= 15 is 0 Å². The minimum atomic E-state index is -0.787. The Bertz CT molecular complexity index is 887. The molecule has 8 heteroatoms. The SMILES string of the molecule is Cc1c(Br)cccc1-c1nc2c(o1)CN(C(=O)CN1CC[C@@H](C(=O)O)C1)C2. The molecule has 3 heterocycles. The Hall–Kier alpha value is -2.19. The number of likely N-dealkylation sites (tertiary alicyclic amines) is 1. The van der Waals surface area contributed by atoms with Crippen molar-refractivity contribution in [2.45, 2.75) is 26.4 Å². The van der Waals surface area contributed by atoms with Gasteiger partial charge < -0.3 is 14.4 Å². The first-order chi connectivity index (χ1) is 12.9. The number of carbonyl (C=O) groups is 2. The second-order valence-electron chi connectivity index (χ2n) is 7.11. The predicted molar refractivity (Wildman–Crippen MR) is 101 cm³/mol. The molecule has 2 aliphatic heterocycles. The summed E-state index contributed by atoms with van der Waals surface area (Å²) in [6, 6.07) is 5.89. The van der Waals surface area contributed by atoms with Gasteiger partial charge in [0.25, 0.3) is 0 Å². The minimum absolute atomic E-state index is 0.0191. The molecule has 0 aliphatic carbocycles. The molecule has 1 fully saturated rings. The van der Waals surface area contributed by atoms with Gasteiger partial charge >= 0.3 is 5.97 Å². The van der Waals surface area contributed by atoms with Crippen LogP contribution in [0.4, 0.5) is 0 Å². The summed E-state index contributed by atoms with van der Waals surface area (Å²) >= 11 is 3.52. The Morgan fingerprint density at radius 2 is 2.19 bits per heavy atom. The highest BCUT2D eigenvalue weighted by Crippen LogP contribution is 2.32. The zero-order chi connectivity index (χ0) is 19.1. The van der Waals surface area contributed by atoms with Crippen molar-refractivity contribution in [1.29, 1.82) is 0 Å². The molecule has 1 N–H and O–H groups in total. The second-order valence-corrected chi connectivity index (χ2v) is 7.96.